The summed E-state index contributed by atoms with van der Waals surface area (Å²) in [6, 6.07) is 20.7. The molecule has 0 atom stereocenters. The molecular formula is C23H21N3O3S. The summed E-state index contributed by atoms with van der Waals surface area (Å²) in [7, 11) is 0. The fourth-order valence-corrected chi connectivity index (χ4v) is 4.14. The predicted molar refractivity (Wildman–Crippen MR) is 119 cm³/mol. The summed E-state index contributed by atoms with van der Waals surface area (Å²) in [5.41, 5.74) is 0.777. The van der Waals surface area contributed by atoms with Crippen molar-refractivity contribution in [3.8, 4) is 0 Å². The van der Waals surface area contributed by atoms with Crippen LogP contribution in [0, 0.1) is 0 Å². The van der Waals surface area contributed by atoms with E-state index in [4.69, 9.17) is 0 Å². The fraction of sp³-hybridized carbons (Fsp3) is 0.174. The molecule has 0 spiro atoms. The first-order valence-electron chi connectivity index (χ1n) is 9.69. The third-order valence-corrected chi connectivity index (χ3v) is 5.83. The Bertz CT molecular complexity index is 1270. The SMILES string of the molecule is O=C(Cn1c(=O)c(=O)n(Cc2ccccc2)c2ccccc21)NCCc1cccs1. The van der Waals surface area contributed by atoms with Crippen LogP contribution in [0.15, 0.2) is 81.7 Å². The lowest BCUT2D eigenvalue weighted by atomic mass is 10.2. The summed E-state index contributed by atoms with van der Waals surface area (Å²) in [4.78, 5) is 39.3. The van der Waals surface area contributed by atoms with Gasteiger partial charge in [0, 0.05) is 11.4 Å². The molecule has 0 unspecified atom stereocenters. The quantitative estimate of drug-likeness (QED) is 0.468. The summed E-state index contributed by atoms with van der Waals surface area (Å²) in [6.07, 6.45) is 0.734. The van der Waals surface area contributed by atoms with Crippen LogP contribution in [0.3, 0.4) is 0 Å². The lowest BCUT2D eigenvalue weighted by Gasteiger charge is -2.15. The van der Waals surface area contributed by atoms with Crippen LogP contribution in [0.2, 0.25) is 0 Å². The molecule has 0 aliphatic carbocycles. The molecule has 0 aliphatic heterocycles. The van der Waals surface area contributed by atoms with E-state index in [2.05, 4.69) is 5.32 Å². The van der Waals surface area contributed by atoms with E-state index in [1.165, 1.54) is 14.0 Å². The molecule has 0 saturated carbocycles. The Balaban J connectivity index is 1.62. The molecule has 1 N–H and O–H groups in total. The second kappa shape index (κ2) is 8.92. The number of rotatable bonds is 7. The minimum atomic E-state index is -0.696. The van der Waals surface area contributed by atoms with E-state index in [1.807, 2.05) is 53.9 Å². The second-order valence-electron chi connectivity index (χ2n) is 6.94. The van der Waals surface area contributed by atoms with Crippen LogP contribution in [-0.4, -0.2) is 21.6 Å². The van der Waals surface area contributed by atoms with E-state index in [-0.39, 0.29) is 12.5 Å². The van der Waals surface area contributed by atoms with Crippen molar-refractivity contribution in [2.24, 2.45) is 0 Å². The van der Waals surface area contributed by atoms with Crippen LogP contribution >= 0.6 is 11.3 Å². The molecule has 4 rings (SSSR count). The maximum Gasteiger partial charge on any atom is 0.317 e. The Kier molecular flexibility index (Phi) is 5.90. The molecule has 0 fully saturated rings. The lowest BCUT2D eigenvalue weighted by Crippen LogP contribution is -2.44. The normalized spacial score (nSPS) is 10.9. The number of carbonyl (C=O) groups excluding carboxylic acids is 1. The number of nitrogens with zero attached hydrogens (tertiary/aromatic N) is 2. The van der Waals surface area contributed by atoms with E-state index in [0.717, 1.165) is 12.0 Å². The number of para-hydroxylation sites is 2. The molecule has 0 bridgehead atoms. The lowest BCUT2D eigenvalue weighted by molar-refractivity contribution is -0.121. The van der Waals surface area contributed by atoms with Crippen LogP contribution in [-0.2, 0) is 24.3 Å². The van der Waals surface area contributed by atoms with Gasteiger partial charge in [0.25, 0.3) is 0 Å². The van der Waals surface area contributed by atoms with Crippen LogP contribution in [0.4, 0.5) is 0 Å². The molecule has 0 saturated heterocycles. The summed E-state index contributed by atoms with van der Waals surface area (Å²) in [5, 5.41) is 4.83. The highest BCUT2D eigenvalue weighted by atomic mass is 32.1. The average Bonchev–Trinajstić information content (AvgIpc) is 3.28. The fourth-order valence-electron chi connectivity index (χ4n) is 3.43. The Hall–Kier alpha value is -3.45. The van der Waals surface area contributed by atoms with E-state index in [9.17, 15) is 14.4 Å². The summed E-state index contributed by atoms with van der Waals surface area (Å²) >= 11 is 1.64. The average molecular weight is 420 g/mol. The van der Waals surface area contributed by atoms with E-state index in [1.54, 1.807) is 29.5 Å². The number of fused-ring (bicyclic) bond motifs is 1. The van der Waals surface area contributed by atoms with Crippen molar-refractivity contribution < 1.29 is 4.79 Å². The van der Waals surface area contributed by atoms with Gasteiger partial charge in [-0.25, -0.2) is 0 Å². The molecule has 2 heterocycles. The van der Waals surface area contributed by atoms with Gasteiger partial charge in [0.1, 0.15) is 6.54 Å². The zero-order valence-corrected chi connectivity index (χ0v) is 17.1. The Morgan fingerprint density at radius 3 is 2.20 bits per heavy atom. The highest BCUT2D eigenvalue weighted by molar-refractivity contribution is 7.09. The first-order valence-corrected chi connectivity index (χ1v) is 10.6. The minimum Gasteiger partial charge on any atom is -0.354 e. The zero-order valence-electron chi connectivity index (χ0n) is 16.3. The van der Waals surface area contributed by atoms with Crippen LogP contribution in [0.5, 0.6) is 0 Å². The first-order chi connectivity index (χ1) is 14.6. The summed E-state index contributed by atoms with van der Waals surface area (Å²) < 4.78 is 2.73. The van der Waals surface area contributed by atoms with Crippen molar-refractivity contribution in [2.45, 2.75) is 19.5 Å². The van der Waals surface area contributed by atoms with Crippen LogP contribution < -0.4 is 16.4 Å². The molecule has 0 radical (unpaired) electrons. The van der Waals surface area contributed by atoms with Gasteiger partial charge in [0.15, 0.2) is 0 Å². The van der Waals surface area contributed by atoms with Gasteiger partial charge in [-0.15, -0.1) is 11.3 Å². The van der Waals surface area contributed by atoms with Gasteiger partial charge in [0.05, 0.1) is 17.6 Å². The van der Waals surface area contributed by atoms with Crippen LogP contribution in [0.25, 0.3) is 11.0 Å². The number of aromatic nitrogens is 2. The molecular weight excluding hydrogens is 398 g/mol. The monoisotopic (exact) mass is 419 g/mol. The molecule has 4 aromatic rings. The Morgan fingerprint density at radius 1 is 0.833 bits per heavy atom. The zero-order chi connectivity index (χ0) is 20.9. The predicted octanol–water partition coefficient (Wildman–Crippen LogP) is 2.63. The number of nitrogens with one attached hydrogen (secondary N) is 1. The Morgan fingerprint density at radius 2 is 1.50 bits per heavy atom. The van der Waals surface area contributed by atoms with Gasteiger partial charge in [-0.3, -0.25) is 23.5 Å². The number of amides is 1. The first kappa shape index (κ1) is 19.8. The van der Waals surface area contributed by atoms with E-state index in [0.29, 0.717) is 24.1 Å². The standard InChI is InChI=1S/C23H21N3O3S/c27-21(24-13-12-18-9-6-14-30-18)16-26-20-11-5-4-10-19(20)25(22(28)23(26)29)15-17-7-2-1-3-8-17/h1-11,14H,12-13,15-16H2,(H,24,27). The van der Waals surface area contributed by atoms with E-state index < -0.39 is 11.1 Å². The number of carbonyl (C=O) groups is 1. The number of benzene rings is 2. The van der Waals surface area contributed by atoms with Crippen molar-refractivity contribution in [1.82, 2.24) is 14.5 Å². The van der Waals surface area contributed by atoms with E-state index >= 15 is 0 Å². The molecule has 152 valence electrons. The van der Waals surface area contributed by atoms with Crippen molar-refractivity contribution in [3.05, 3.63) is 103 Å². The topological polar surface area (TPSA) is 73.1 Å². The van der Waals surface area contributed by atoms with Gasteiger partial charge in [0.2, 0.25) is 5.91 Å². The van der Waals surface area contributed by atoms with Crippen molar-refractivity contribution in [1.29, 1.82) is 0 Å². The smallest absolute Gasteiger partial charge is 0.317 e. The Labute approximate surface area is 177 Å². The largest absolute Gasteiger partial charge is 0.354 e. The number of hydrogen-bond donors (Lipinski definition) is 1. The molecule has 2 aromatic heterocycles. The van der Waals surface area contributed by atoms with Gasteiger partial charge >= 0.3 is 11.1 Å². The van der Waals surface area contributed by atoms with Gasteiger partial charge in [-0.05, 0) is 35.6 Å². The maximum atomic E-state index is 12.9. The minimum absolute atomic E-state index is 0.189. The highest BCUT2D eigenvalue weighted by Crippen LogP contribution is 2.12. The van der Waals surface area contributed by atoms with Gasteiger partial charge in [-0.1, -0.05) is 48.5 Å². The molecule has 2 aromatic carbocycles. The molecule has 30 heavy (non-hydrogen) atoms. The van der Waals surface area contributed by atoms with Crippen molar-refractivity contribution in [2.75, 3.05) is 6.54 Å². The van der Waals surface area contributed by atoms with Crippen molar-refractivity contribution >= 4 is 28.3 Å². The molecule has 1 amide bonds. The molecule has 0 aliphatic rings. The van der Waals surface area contributed by atoms with Crippen LogP contribution in [0.1, 0.15) is 10.4 Å². The summed E-state index contributed by atoms with van der Waals surface area (Å²) in [5.74, 6) is -0.293. The molecule has 6 nitrogen and oxygen atoms in total. The van der Waals surface area contributed by atoms with Crippen molar-refractivity contribution in [3.63, 3.8) is 0 Å². The number of hydrogen-bond acceptors (Lipinski definition) is 4. The molecule has 7 heteroatoms. The van der Waals surface area contributed by atoms with Gasteiger partial charge in [-0.2, -0.15) is 0 Å². The third-order valence-electron chi connectivity index (χ3n) is 4.90. The maximum absolute atomic E-state index is 12.9. The highest BCUT2D eigenvalue weighted by Gasteiger charge is 2.15. The van der Waals surface area contributed by atoms with Gasteiger partial charge < -0.3 is 5.32 Å². The number of thiophene rings is 1. The third kappa shape index (κ3) is 4.26. The second-order valence-corrected chi connectivity index (χ2v) is 7.97. The summed E-state index contributed by atoms with van der Waals surface area (Å²) in [6.45, 7) is 0.589.